The summed E-state index contributed by atoms with van der Waals surface area (Å²) in [5.74, 6) is 0.134. The fourth-order valence-corrected chi connectivity index (χ4v) is 0.976. The minimum absolute atomic E-state index is 0.0108. The summed E-state index contributed by atoms with van der Waals surface area (Å²) >= 11 is 0. The number of hydrogen-bond donors (Lipinski definition) is 3. The molecule has 0 aliphatic heterocycles. The maximum atomic E-state index is 11.4. The first kappa shape index (κ1) is 8.64. The van der Waals surface area contributed by atoms with Gasteiger partial charge in [0.05, 0.1) is 11.3 Å². The van der Waals surface area contributed by atoms with Crippen LogP contribution in [0.1, 0.15) is 12.8 Å². The fourth-order valence-electron chi connectivity index (χ4n) is 0.976. The van der Waals surface area contributed by atoms with Gasteiger partial charge in [-0.3, -0.25) is 4.79 Å². The lowest BCUT2D eigenvalue weighted by atomic mass is 10.1. The van der Waals surface area contributed by atoms with E-state index in [1.54, 1.807) is 0 Å². The maximum absolute atomic E-state index is 11.4. The number of allylic oxidation sites excluding steroid dienone is 1. The van der Waals surface area contributed by atoms with Crippen LogP contribution in [0.15, 0.2) is 23.7 Å². The van der Waals surface area contributed by atoms with Gasteiger partial charge in [-0.25, -0.2) is 0 Å². The molecule has 0 unspecified atom stereocenters. The summed E-state index contributed by atoms with van der Waals surface area (Å²) in [5, 5.41) is 0. The molecule has 0 atom stereocenters. The van der Waals surface area contributed by atoms with E-state index >= 15 is 0 Å². The zero-order valence-electron chi connectivity index (χ0n) is 6.79. The van der Waals surface area contributed by atoms with Crippen LogP contribution in [-0.4, -0.2) is 5.78 Å². The van der Waals surface area contributed by atoms with E-state index in [1.807, 2.05) is 0 Å². The van der Waals surface area contributed by atoms with Gasteiger partial charge in [0.25, 0.3) is 0 Å². The normalized spacial score (nSPS) is 19.3. The molecule has 12 heavy (non-hydrogen) atoms. The molecular weight excluding hydrogens is 154 g/mol. The van der Waals surface area contributed by atoms with E-state index in [4.69, 9.17) is 17.2 Å². The fraction of sp³-hybridized carbons (Fsp3) is 0.375. The monoisotopic (exact) mass is 167 g/mol. The predicted molar refractivity (Wildman–Crippen MR) is 46.5 cm³/mol. The summed E-state index contributed by atoms with van der Waals surface area (Å²) in [6.45, 7) is 0. The van der Waals surface area contributed by atoms with Gasteiger partial charge in [-0.15, -0.1) is 0 Å². The Morgan fingerprint density at radius 3 is 2.17 bits per heavy atom. The number of hydrogen-bond acceptors (Lipinski definition) is 4. The Bertz CT molecular complexity index is 251. The van der Waals surface area contributed by atoms with Crippen molar-refractivity contribution in [3.63, 3.8) is 0 Å². The standard InChI is InChI=1S/C8H13N3O/c9-3-6(7(11)4-10)8(12)5-1-2-5/h3-5H,1-2,9-11H2/b6-3+,7-4+. The minimum Gasteiger partial charge on any atom is -0.404 e. The van der Waals surface area contributed by atoms with Crippen molar-refractivity contribution in [3.8, 4) is 0 Å². The third-order valence-electron chi connectivity index (χ3n) is 1.87. The molecule has 4 heteroatoms. The number of carbonyl (C=O) groups excluding carboxylic acids is 1. The van der Waals surface area contributed by atoms with Crippen LogP contribution in [0.25, 0.3) is 0 Å². The molecule has 0 radical (unpaired) electrons. The highest BCUT2D eigenvalue weighted by Gasteiger charge is 2.32. The Kier molecular flexibility index (Phi) is 2.38. The van der Waals surface area contributed by atoms with Crippen LogP contribution in [0.5, 0.6) is 0 Å². The molecule has 0 aromatic carbocycles. The minimum atomic E-state index is 0.0108. The molecule has 1 rings (SSSR count). The molecule has 1 saturated carbocycles. The third-order valence-corrected chi connectivity index (χ3v) is 1.87. The molecular formula is C8H13N3O. The average Bonchev–Trinajstić information content (AvgIpc) is 2.87. The summed E-state index contributed by atoms with van der Waals surface area (Å²) in [7, 11) is 0. The number of ketones is 1. The van der Waals surface area contributed by atoms with Crippen LogP contribution in [0, 0.1) is 5.92 Å². The van der Waals surface area contributed by atoms with Crippen molar-refractivity contribution in [2.75, 3.05) is 0 Å². The van der Waals surface area contributed by atoms with Crippen LogP contribution >= 0.6 is 0 Å². The van der Waals surface area contributed by atoms with Crippen molar-refractivity contribution in [3.05, 3.63) is 23.7 Å². The number of nitrogens with two attached hydrogens (primary N) is 3. The molecule has 0 bridgehead atoms. The predicted octanol–water partition coefficient (Wildman–Crippen LogP) is -0.433. The molecule has 0 amide bonds. The number of carbonyl (C=O) groups is 1. The van der Waals surface area contributed by atoms with Crippen molar-refractivity contribution in [1.82, 2.24) is 0 Å². The van der Waals surface area contributed by atoms with Crippen LogP contribution in [0.4, 0.5) is 0 Å². The Balaban J connectivity index is 2.75. The zero-order chi connectivity index (χ0) is 9.14. The molecule has 0 spiro atoms. The molecule has 4 nitrogen and oxygen atoms in total. The van der Waals surface area contributed by atoms with Crippen LogP contribution in [0.3, 0.4) is 0 Å². The summed E-state index contributed by atoms with van der Waals surface area (Å²) in [6.07, 6.45) is 4.29. The van der Waals surface area contributed by atoms with Gasteiger partial charge in [0.2, 0.25) is 0 Å². The zero-order valence-corrected chi connectivity index (χ0v) is 6.79. The lowest BCUT2D eigenvalue weighted by Gasteiger charge is -2.03. The van der Waals surface area contributed by atoms with Gasteiger partial charge in [0.1, 0.15) is 0 Å². The number of rotatable bonds is 3. The van der Waals surface area contributed by atoms with E-state index < -0.39 is 0 Å². The van der Waals surface area contributed by atoms with Gasteiger partial charge in [-0.1, -0.05) is 0 Å². The highest BCUT2D eigenvalue weighted by Crippen LogP contribution is 2.32. The smallest absolute Gasteiger partial charge is 0.169 e. The molecule has 0 heterocycles. The quantitative estimate of drug-likeness (QED) is 0.392. The van der Waals surface area contributed by atoms with Crippen LogP contribution in [-0.2, 0) is 4.79 Å². The first-order valence-electron chi connectivity index (χ1n) is 3.84. The first-order chi connectivity index (χ1) is 5.70. The molecule has 0 aromatic rings. The maximum Gasteiger partial charge on any atom is 0.169 e. The van der Waals surface area contributed by atoms with E-state index in [0.717, 1.165) is 12.8 Å². The van der Waals surface area contributed by atoms with E-state index in [0.29, 0.717) is 5.57 Å². The Morgan fingerprint density at radius 1 is 1.25 bits per heavy atom. The number of Topliss-reactive ketones (excluding diaryl/α,β-unsaturated/α-hetero) is 1. The van der Waals surface area contributed by atoms with Crippen molar-refractivity contribution in [2.45, 2.75) is 12.8 Å². The first-order valence-corrected chi connectivity index (χ1v) is 3.84. The average molecular weight is 167 g/mol. The lowest BCUT2D eigenvalue weighted by Crippen LogP contribution is -2.15. The van der Waals surface area contributed by atoms with Crippen molar-refractivity contribution in [1.29, 1.82) is 0 Å². The van der Waals surface area contributed by atoms with Gasteiger partial charge in [0, 0.05) is 18.3 Å². The van der Waals surface area contributed by atoms with E-state index in [1.165, 1.54) is 12.4 Å². The second-order valence-corrected chi connectivity index (χ2v) is 2.84. The Morgan fingerprint density at radius 2 is 1.83 bits per heavy atom. The molecule has 1 aliphatic carbocycles. The topological polar surface area (TPSA) is 95.1 Å². The second kappa shape index (κ2) is 3.30. The van der Waals surface area contributed by atoms with Crippen LogP contribution < -0.4 is 17.2 Å². The molecule has 6 N–H and O–H groups in total. The SMILES string of the molecule is N/C=C(N)\C(=C/N)C(=O)C1CC1. The largest absolute Gasteiger partial charge is 0.404 e. The molecule has 0 aromatic heterocycles. The molecule has 1 fully saturated rings. The summed E-state index contributed by atoms with van der Waals surface area (Å²) in [6, 6.07) is 0. The second-order valence-electron chi connectivity index (χ2n) is 2.84. The third kappa shape index (κ3) is 1.58. The van der Waals surface area contributed by atoms with Crippen molar-refractivity contribution < 1.29 is 4.79 Å². The van der Waals surface area contributed by atoms with Gasteiger partial charge in [-0.2, -0.15) is 0 Å². The van der Waals surface area contributed by atoms with Crippen LogP contribution in [0.2, 0.25) is 0 Å². The Labute approximate surface area is 71.1 Å². The van der Waals surface area contributed by atoms with Crippen molar-refractivity contribution in [2.24, 2.45) is 23.1 Å². The molecule has 0 saturated heterocycles. The van der Waals surface area contributed by atoms with E-state index in [-0.39, 0.29) is 17.4 Å². The van der Waals surface area contributed by atoms with Crippen molar-refractivity contribution >= 4 is 5.78 Å². The van der Waals surface area contributed by atoms with Gasteiger partial charge in [-0.05, 0) is 12.8 Å². The summed E-state index contributed by atoms with van der Waals surface area (Å²) in [5.41, 5.74) is 16.5. The van der Waals surface area contributed by atoms with Gasteiger partial charge < -0.3 is 17.2 Å². The lowest BCUT2D eigenvalue weighted by molar-refractivity contribution is -0.116. The van der Waals surface area contributed by atoms with Gasteiger partial charge in [0.15, 0.2) is 5.78 Å². The molecule has 1 aliphatic rings. The van der Waals surface area contributed by atoms with E-state index in [2.05, 4.69) is 0 Å². The van der Waals surface area contributed by atoms with E-state index in [9.17, 15) is 4.79 Å². The molecule has 66 valence electrons. The Hall–Kier alpha value is -1.45. The summed E-state index contributed by atoms with van der Waals surface area (Å²) in [4.78, 5) is 11.4. The highest BCUT2D eigenvalue weighted by atomic mass is 16.1. The summed E-state index contributed by atoms with van der Waals surface area (Å²) < 4.78 is 0. The van der Waals surface area contributed by atoms with Gasteiger partial charge >= 0.3 is 0 Å². The highest BCUT2D eigenvalue weighted by molar-refractivity contribution is 6.02.